The number of amides is 3. The molecule has 3 amide bonds. The summed E-state index contributed by atoms with van der Waals surface area (Å²) in [5, 5.41) is 2.63. The molecule has 0 aromatic heterocycles. The fraction of sp³-hybridized carbons (Fsp3) is 0.467. The topological polar surface area (TPSA) is 81.4 Å². The van der Waals surface area contributed by atoms with Crippen LogP contribution in [0.4, 0.5) is 4.79 Å². The Kier molecular flexibility index (Phi) is 5.44. The Hall–Kier alpha value is -1.75. The molecule has 1 aliphatic rings. The number of halogens is 1. The van der Waals surface area contributed by atoms with Gasteiger partial charge in [-0.25, -0.2) is 4.79 Å². The molecule has 5 nitrogen and oxygen atoms in total. The minimum Gasteiger partial charge on any atom is -0.483 e. The number of primary amides is 1. The van der Waals surface area contributed by atoms with E-state index < -0.39 is 11.9 Å². The van der Waals surface area contributed by atoms with Crippen LogP contribution >= 0.6 is 11.6 Å². The fourth-order valence-corrected chi connectivity index (χ4v) is 2.88. The first-order chi connectivity index (χ1) is 10.1. The Balaban J connectivity index is 2.07. The first kappa shape index (κ1) is 15.6. The minimum atomic E-state index is -0.882. The van der Waals surface area contributed by atoms with E-state index in [-0.39, 0.29) is 6.61 Å². The van der Waals surface area contributed by atoms with E-state index in [0.717, 1.165) is 18.4 Å². The molecule has 1 aromatic rings. The molecule has 0 radical (unpaired) electrons. The van der Waals surface area contributed by atoms with Gasteiger partial charge in [0.25, 0.3) is 5.91 Å². The van der Waals surface area contributed by atoms with Gasteiger partial charge in [-0.3, -0.25) is 10.1 Å². The van der Waals surface area contributed by atoms with Crippen LogP contribution in [0.15, 0.2) is 18.2 Å². The highest BCUT2D eigenvalue weighted by atomic mass is 35.5. The predicted octanol–water partition coefficient (Wildman–Crippen LogP) is 2.96. The second-order valence-electron chi connectivity index (χ2n) is 5.22. The van der Waals surface area contributed by atoms with Crippen LogP contribution in [0.25, 0.3) is 0 Å². The molecule has 1 saturated carbocycles. The highest BCUT2D eigenvalue weighted by Gasteiger charge is 2.20. The number of ether oxygens (including phenoxy) is 1. The Morgan fingerprint density at radius 2 is 2.00 bits per heavy atom. The number of rotatable bonds is 4. The third kappa shape index (κ3) is 4.63. The van der Waals surface area contributed by atoms with E-state index in [2.05, 4.69) is 0 Å². The van der Waals surface area contributed by atoms with Gasteiger partial charge in [0.2, 0.25) is 0 Å². The van der Waals surface area contributed by atoms with Crippen molar-refractivity contribution in [3.05, 3.63) is 28.8 Å². The number of urea groups is 1. The van der Waals surface area contributed by atoms with Gasteiger partial charge < -0.3 is 10.5 Å². The standard InChI is InChI=1S/C15H19ClN2O3/c16-11-6-7-13(21-9-14(19)18-15(17)20)12(8-11)10-4-2-1-3-5-10/h6-8,10H,1-5,9H2,(H3,17,18,19,20). The van der Waals surface area contributed by atoms with Crippen LogP contribution < -0.4 is 15.8 Å². The average molecular weight is 311 g/mol. The largest absolute Gasteiger partial charge is 0.483 e. The molecule has 0 unspecified atom stereocenters. The Morgan fingerprint density at radius 3 is 2.67 bits per heavy atom. The van der Waals surface area contributed by atoms with Crippen molar-refractivity contribution in [3.63, 3.8) is 0 Å². The van der Waals surface area contributed by atoms with Crippen molar-refractivity contribution >= 4 is 23.5 Å². The van der Waals surface area contributed by atoms with E-state index in [1.165, 1.54) is 19.3 Å². The molecule has 114 valence electrons. The van der Waals surface area contributed by atoms with Crippen molar-refractivity contribution in [1.29, 1.82) is 0 Å². The maximum atomic E-state index is 11.4. The number of nitrogens with one attached hydrogen (secondary N) is 1. The molecular formula is C15H19ClN2O3. The normalized spacial score (nSPS) is 15.5. The van der Waals surface area contributed by atoms with Crippen molar-refractivity contribution in [2.75, 3.05) is 6.61 Å². The van der Waals surface area contributed by atoms with Gasteiger partial charge in [-0.05, 0) is 42.5 Å². The maximum absolute atomic E-state index is 11.4. The van der Waals surface area contributed by atoms with Crippen LogP contribution in [0.3, 0.4) is 0 Å². The number of nitrogens with two attached hydrogens (primary N) is 1. The Labute approximate surface area is 128 Å². The molecule has 0 spiro atoms. The number of benzene rings is 1. The third-order valence-electron chi connectivity index (χ3n) is 3.64. The van der Waals surface area contributed by atoms with E-state index in [1.54, 1.807) is 12.1 Å². The van der Waals surface area contributed by atoms with E-state index in [9.17, 15) is 9.59 Å². The SMILES string of the molecule is NC(=O)NC(=O)COc1ccc(Cl)cc1C1CCCCC1. The summed E-state index contributed by atoms with van der Waals surface area (Å²) in [5.74, 6) is 0.490. The average Bonchev–Trinajstić information content (AvgIpc) is 2.46. The van der Waals surface area contributed by atoms with Crippen LogP contribution in [0.5, 0.6) is 5.75 Å². The molecule has 0 saturated heterocycles. The highest BCUT2D eigenvalue weighted by molar-refractivity contribution is 6.30. The molecule has 1 aromatic carbocycles. The van der Waals surface area contributed by atoms with E-state index in [0.29, 0.717) is 16.7 Å². The molecule has 2 rings (SSSR count). The molecule has 0 aliphatic heterocycles. The van der Waals surface area contributed by atoms with Crippen molar-refractivity contribution in [1.82, 2.24) is 5.32 Å². The van der Waals surface area contributed by atoms with Crippen LogP contribution in [0.2, 0.25) is 5.02 Å². The second-order valence-corrected chi connectivity index (χ2v) is 5.65. The zero-order valence-electron chi connectivity index (χ0n) is 11.7. The lowest BCUT2D eigenvalue weighted by Gasteiger charge is -2.24. The lowest BCUT2D eigenvalue weighted by molar-refractivity contribution is -0.121. The molecule has 1 aliphatic carbocycles. The summed E-state index contributed by atoms with van der Waals surface area (Å²) in [6, 6.07) is 4.52. The molecule has 21 heavy (non-hydrogen) atoms. The Bertz CT molecular complexity index is 528. The van der Waals surface area contributed by atoms with E-state index in [1.807, 2.05) is 11.4 Å². The van der Waals surface area contributed by atoms with Crippen molar-refractivity contribution in [2.45, 2.75) is 38.0 Å². The number of hydrogen-bond donors (Lipinski definition) is 2. The molecule has 0 atom stereocenters. The monoisotopic (exact) mass is 310 g/mol. The van der Waals surface area contributed by atoms with Gasteiger partial charge in [0.1, 0.15) is 5.75 Å². The molecule has 0 bridgehead atoms. The summed E-state index contributed by atoms with van der Waals surface area (Å²) in [7, 11) is 0. The lowest BCUT2D eigenvalue weighted by atomic mass is 9.84. The smallest absolute Gasteiger partial charge is 0.318 e. The van der Waals surface area contributed by atoms with Crippen LogP contribution in [0.1, 0.15) is 43.6 Å². The minimum absolute atomic E-state index is 0.246. The summed E-state index contributed by atoms with van der Waals surface area (Å²) in [6.07, 6.45) is 5.85. The maximum Gasteiger partial charge on any atom is 0.318 e. The van der Waals surface area contributed by atoms with Crippen LogP contribution in [-0.2, 0) is 4.79 Å². The van der Waals surface area contributed by atoms with Crippen LogP contribution in [-0.4, -0.2) is 18.5 Å². The zero-order valence-corrected chi connectivity index (χ0v) is 12.5. The van der Waals surface area contributed by atoms with Gasteiger partial charge in [0.05, 0.1) is 0 Å². The zero-order chi connectivity index (χ0) is 15.2. The van der Waals surface area contributed by atoms with Gasteiger partial charge in [0.15, 0.2) is 6.61 Å². The summed E-state index contributed by atoms with van der Waals surface area (Å²) in [5.41, 5.74) is 5.92. The van der Waals surface area contributed by atoms with Crippen molar-refractivity contribution in [2.24, 2.45) is 5.73 Å². The first-order valence-corrected chi connectivity index (χ1v) is 7.45. The van der Waals surface area contributed by atoms with Crippen LogP contribution in [0, 0.1) is 0 Å². The first-order valence-electron chi connectivity index (χ1n) is 7.08. The van der Waals surface area contributed by atoms with Gasteiger partial charge >= 0.3 is 6.03 Å². The lowest BCUT2D eigenvalue weighted by Crippen LogP contribution is -2.38. The third-order valence-corrected chi connectivity index (χ3v) is 3.87. The van der Waals surface area contributed by atoms with Gasteiger partial charge in [-0.1, -0.05) is 30.9 Å². The number of hydrogen-bond acceptors (Lipinski definition) is 3. The fourth-order valence-electron chi connectivity index (χ4n) is 2.70. The van der Waals surface area contributed by atoms with Gasteiger partial charge in [-0.15, -0.1) is 0 Å². The predicted molar refractivity (Wildman–Crippen MR) is 80.5 cm³/mol. The van der Waals surface area contributed by atoms with Gasteiger partial charge in [0, 0.05) is 5.02 Å². The molecule has 0 heterocycles. The molecule has 1 fully saturated rings. The van der Waals surface area contributed by atoms with Crippen molar-refractivity contribution in [3.8, 4) is 5.75 Å². The summed E-state index contributed by atoms with van der Waals surface area (Å²) in [6.45, 7) is -0.246. The number of imide groups is 1. The molecular weight excluding hydrogens is 292 g/mol. The summed E-state index contributed by atoms with van der Waals surface area (Å²) in [4.78, 5) is 22.0. The van der Waals surface area contributed by atoms with Gasteiger partial charge in [-0.2, -0.15) is 0 Å². The van der Waals surface area contributed by atoms with Crippen molar-refractivity contribution < 1.29 is 14.3 Å². The quantitative estimate of drug-likeness (QED) is 0.897. The number of carbonyl (C=O) groups is 2. The number of carbonyl (C=O) groups excluding carboxylic acids is 2. The van der Waals surface area contributed by atoms with E-state index in [4.69, 9.17) is 22.1 Å². The summed E-state index contributed by atoms with van der Waals surface area (Å²) >= 11 is 6.07. The Morgan fingerprint density at radius 1 is 1.29 bits per heavy atom. The summed E-state index contributed by atoms with van der Waals surface area (Å²) < 4.78 is 5.53. The second kappa shape index (κ2) is 7.31. The molecule has 6 heteroatoms. The molecule has 3 N–H and O–H groups in total. The van der Waals surface area contributed by atoms with E-state index >= 15 is 0 Å². The highest BCUT2D eigenvalue weighted by Crippen LogP contribution is 2.38.